The Hall–Kier alpha value is -2.14. The number of rotatable bonds is 2. The summed E-state index contributed by atoms with van der Waals surface area (Å²) in [6.45, 7) is 7.11. The normalized spacial score (nSPS) is 23.3. The molecule has 0 N–H and O–H groups in total. The van der Waals surface area contributed by atoms with Crippen LogP contribution in [0.15, 0.2) is 4.52 Å². The first kappa shape index (κ1) is 17.7. The number of hydrogen-bond donors (Lipinski definition) is 0. The molecule has 1 aromatic rings. The second-order valence-electron chi connectivity index (χ2n) is 7.60. The van der Waals surface area contributed by atoms with Crippen LogP contribution in [0.1, 0.15) is 64.2 Å². The van der Waals surface area contributed by atoms with Crippen LogP contribution in [0.5, 0.6) is 0 Å². The number of aromatic nitrogens is 2. The summed E-state index contributed by atoms with van der Waals surface area (Å²) in [4.78, 5) is 18.5. The lowest BCUT2D eigenvalue weighted by atomic mass is 9.81. The van der Waals surface area contributed by atoms with Gasteiger partial charge in [-0.1, -0.05) is 5.16 Å². The molecule has 1 atom stereocenters. The summed E-state index contributed by atoms with van der Waals surface area (Å²) >= 11 is 0. The molecular formula is C17H24N4O4. The fraction of sp³-hybridized carbons (Fsp3) is 0.765. The maximum atomic E-state index is 12.4. The number of carbonyl (C=O) groups is 1. The highest BCUT2D eigenvalue weighted by Gasteiger charge is 2.42. The van der Waals surface area contributed by atoms with Crippen LogP contribution in [-0.4, -0.2) is 46.5 Å². The lowest BCUT2D eigenvalue weighted by Gasteiger charge is -2.27. The third-order valence-electron chi connectivity index (χ3n) is 4.59. The maximum absolute atomic E-state index is 12.4. The highest BCUT2D eigenvalue weighted by molar-refractivity contribution is 5.69. The molecule has 0 saturated carbocycles. The van der Waals surface area contributed by atoms with E-state index in [1.165, 1.54) is 0 Å². The van der Waals surface area contributed by atoms with Crippen LogP contribution < -0.4 is 0 Å². The molecule has 1 aromatic heterocycles. The van der Waals surface area contributed by atoms with E-state index in [-0.39, 0.29) is 12.1 Å². The van der Waals surface area contributed by atoms with Gasteiger partial charge in [-0.25, -0.2) is 4.79 Å². The minimum Gasteiger partial charge on any atom is -0.444 e. The van der Waals surface area contributed by atoms with Crippen LogP contribution in [0.3, 0.4) is 0 Å². The predicted octanol–water partition coefficient (Wildman–Crippen LogP) is 2.71. The molecule has 2 aliphatic rings. The minimum atomic E-state index is -0.793. The van der Waals surface area contributed by atoms with E-state index in [1.807, 2.05) is 20.8 Å². The Balaban J connectivity index is 1.79. The van der Waals surface area contributed by atoms with Crippen LogP contribution in [0.2, 0.25) is 0 Å². The fourth-order valence-electron chi connectivity index (χ4n) is 3.23. The number of ether oxygens (including phenoxy) is 2. The summed E-state index contributed by atoms with van der Waals surface area (Å²) in [5.41, 5.74) is -1.35. The molecule has 0 bridgehead atoms. The molecule has 1 amide bonds. The average Bonchev–Trinajstić information content (AvgIpc) is 3.23. The van der Waals surface area contributed by atoms with Gasteiger partial charge in [0.25, 0.3) is 0 Å². The van der Waals surface area contributed by atoms with Gasteiger partial charge in [0, 0.05) is 19.8 Å². The molecule has 136 valence electrons. The highest BCUT2D eigenvalue weighted by atomic mass is 16.6. The van der Waals surface area contributed by atoms with Crippen molar-refractivity contribution in [2.75, 3.05) is 19.8 Å². The number of likely N-dealkylation sites (tertiary alicyclic amines) is 1. The number of carbonyl (C=O) groups excluding carboxylic acids is 1. The first-order chi connectivity index (χ1) is 11.8. The molecule has 0 aliphatic carbocycles. The molecule has 0 unspecified atom stereocenters. The zero-order chi connectivity index (χ0) is 18.1. The van der Waals surface area contributed by atoms with Crippen molar-refractivity contribution in [2.24, 2.45) is 0 Å². The number of amides is 1. The van der Waals surface area contributed by atoms with E-state index in [1.54, 1.807) is 4.90 Å². The molecule has 8 heteroatoms. The van der Waals surface area contributed by atoms with Gasteiger partial charge in [0.1, 0.15) is 11.0 Å². The average molecular weight is 348 g/mol. The zero-order valence-corrected chi connectivity index (χ0v) is 14.9. The van der Waals surface area contributed by atoms with Crippen molar-refractivity contribution in [2.45, 2.75) is 63.5 Å². The molecule has 0 aromatic carbocycles. The quantitative estimate of drug-likeness (QED) is 0.809. The van der Waals surface area contributed by atoms with Crippen LogP contribution in [-0.2, 0) is 14.9 Å². The molecule has 2 fully saturated rings. The summed E-state index contributed by atoms with van der Waals surface area (Å²) in [6.07, 6.45) is 2.30. The van der Waals surface area contributed by atoms with Gasteiger partial charge >= 0.3 is 6.09 Å². The van der Waals surface area contributed by atoms with Crippen molar-refractivity contribution in [1.29, 1.82) is 5.26 Å². The Morgan fingerprint density at radius 3 is 2.76 bits per heavy atom. The topological polar surface area (TPSA) is 101 Å². The van der Waals surface area contributed by atoms with E-state index in [0.29, 0.717) is 44.3 Å². The first-order valence-electron chi connectivity index (χ1n) is 8.67. The maximum Gasteiger partial charge on any atom is 0.410 e. The summed E-state index contributed by atoms with van der Waals surface area (Å²) in [5.74, 6) is 0.767. The van der Waals surface area contributed by atoms with Gasteiger partial charge in [0.05, 0.1) is 12.1 Å². The fourth-order valence-corrected chi connectivity index (χ4v) is 3.23. The first-order valence-corrected chi connectivity index (χ1v) is 8.67. The Labute approximate surface area is 147 Å². The van der Waals surface area contributed by atoms with Crippen LogP contribution in [0.4, 0.5) is 4.79 Å². The molecule has 8 nitrogen and oxygen atoms in total. The Morgan fingerprint density at radius 1 is 1.40 bits per heavy atom. The standard InChI is InChI=1S/C17H24N4O4/c1-16(2,3)24-15(22)21-8-4-5-12(21)13-19-14(25-20-13)17(11-18)6-9-23-10-7-17/h12H,4-10H2,1-3H3/t12-/m0/s1. The molecule has 3 heterocycles. The third kappa shape index (κ3) is 3.61. The Bertz CT molecular complexity index is 667. The van der Waals surface area contributed by atoms with Crippen LogP contribution in [0, 0.1) is 11.3 Å². The van der Waals surface area contributed by atoms with Crippen molar-refractivity contribution in [3.63, 3.8) is 0 Å². The van der Waals surface area contributed by atoms with E-state index in [9.17, 15) is 10.1 Å². The third-order valence-corrected chi connectivity index (χ3v) is 4.59. The zero-order valence-electron chi connectivity index (χ0n) is 14.9. The Kier molecular flexibility index (Phi) is 4.69. The largest absolute Gasteiger partial charge is 0.444 e. The van der Waals surface area contributed by atoms with Gasteiger partial charge in [0.2, 0.25) is 5.89 Å². The van der Waals surface area contributed by atoms with Gasteiger partial charge in [0.15, 0.2) is 5.82 Å². The van der Waals surface area contributed by atoms with Crippen LogP contribution >= 0.6 is 0 Å². The SMILES string of the molecule is CC(C)(C)OC(=O)N1CCC[C@H]1c1noc(C2(C#N)CCOCC2)n1. The smallest absolute Gasteiger partial charge is 0.410 e. The van der Waals surface area contributed by atoms with Gasteiger partial charge in [-0.2, -0.15) is 10.2 Å². The summed E-state index contributed by atoms with van der Waals surface area (Å²) in [6, 6.07) is 2.05. The van der Waals surface area contributed by atoms with Crippen LogP contribution in [0.25, 0.3) is 0 Å². The summed E-state index contributed by atoms with van der Waals surface area (Å²) in [5, 5.41) is 13.7. The van der Waals surface area contributed by atoms with E-state index in [4.69, 9.17) is 14.0 Å². The van der Waals surface area contributed by atoms with Gasteiger partial charge in [-0.3, -0.25) is 4.90 Å². The second-order valence-corrected chi connectivity index (χ2v) is 7.60. The summed E-state index contributed by atoms with van der Waals surface area (Å²) in [7, 11) is 0. The lowest BCUT2D eigenvalue weighted by molar-refractivity contribution is 0.0217. The number of nitriles is 1. The van der Waals surface area contributed by atoms with Crippen molar-refractivity contribution >= 4 is 6.09 Å². The van der Waals surface area contributed by atoms with Crippen molar-refractivity contribution in [1.82, 2.24) is 15.0 Å². The minimum absolute atomic E-state index is 0.275. The molecule has 2 aliphatic heterocycles. The highest BCUT2D eigenvalue weighted by Crippen LogP contribution is 2.36. The molecule has 25 heavy (non-hydrogen) atoms. The number of hydrogen-bond acceptors (Lipinski definition) is 7. The number of nitrogens with zero attached hydrogens (tertiary/aromatic N) is 4. The molecule has 2 saturated heterocycles. The van der Waals surface area contributed by atoms with Crippen molar-refractivity contribution in [3.8, 4) is 6.07 Å². The lowest BCUT2D eigenvalue weighted by Crippen LogP contribution is -2.37. The van der Waals surface area contributed by atoms with Crippen molar-refractivity contribution in [3.05, 3.63) is 11.7 Å². The Morgan fingerprint density at radius 2 is 2.12 bits per heavy atom. The molecular weight excluding hydrogens is 324 g/mol. The van der Waals surface area contributed by atoms with E-state index >= 15 is 0 Å². The van der Waals surface area contributed by atoms with E-state index in [2.05, 4.69) is 16.2 Å². The molecule has 3 rings (SSSR count). The molecule has 0 spiro atoms. The van der Waals surface area contributed by atoms with Gasteiger partial charge in [-0.05, 0) is 46.5 Å². The second kappa shape index (κ2) is 6.64. The van der Waals surface area contributed by atoms with Gasteiger partial charge < -0.3 is 14.0 Å². The summed E-state index contributed by atoms with van der Waals surface area (Å²) < 4.78 is 16.2. The monoisotopic (exact) mass is 348 g/mol. The molecule has 0 radical (unpaired) electrons. The van der Waals surface area contributed by atoms with Gasteiger partial charge in [-0.15, -0.1) is 0 Å². The van der Waals surface area contributed by atoms with E-state index < -0.39 is 11.0 Å². The van der Waals surface area contributed by atoms with E-state index in [0.717, 1.165) is 12.8 Å². The van der Waals surface area contributed by atoms with Crippen molar-refractivity contribution < 1.29 is 18.8 Å². The predicted molar refractivity (Wildman–Crippen MR) is 86.6 cm³/mol.